The number of benzene rings is 2. The highest BCUT2D eigenvalue weighted by Gasteiger charge is 2.20. The van der Waals surface area contributed by atoms with Crippen LogP contribution in [0.25, 0.3) is 43.4 Å². The summed E-state index contributed by atoms with van der Waals surface area (Å²) >= 11 is 0. The molecule has 286 valence electrons. The van der Waals surface area contributed by atoms with Crippen molar-refractivity contribution in [3.63, 3.8) is 0 Å². The first kappa shape index (κ1) is 39.8. The minimum absolute atomic E-state index is 0.0559. The van der Waals surface area contributed by atoms with Crippen molar-refractivity contribution in [2.75, 3.05) is 20.3 Å². The molecule has 13 heteroatoms. The van der Waals surface area contributed by atoms with Crippen LogP contribution >= 0.6 is 0 Å². The van der Waals surface area contributed by atoms with Gasteiger partial charge in [0.1, 0.15) is 36.1 Å². The molecule has 0 aliphatic carbocycles. The molecule has 54 heavy (non-hydrogen) atoms. The molecular weight excluding hydrogens is 691 g/mol. The molecule has 0 saturated heterocycles. The summed E-state index contributed by atoms with van der Waals surface area (Å²) in [7, 11) is 4.68. The van der Waals surface area contributed by atoms with Crippen LogP contribution in [0.15, 0.2) is 64.6 Å². The largest absolute Gasteiger partial charge is 0.492 e. The highest BCUT2D eigenvalue weighted by molar-refractivity contribution is 6.10. The van der Waals surface area contributed by atoms with Crippen molar-refractivity contribution in [3.05, 3.63) is 92.8 Å². The molecule has 6 rings (SSSR count). The number of aryl methyl sites for hydroxylation is 3. The number of carbonyl (C=O) groups is 1. The van der Waals surface area contributed by atoms with E-state index in [1.165, 1.54) is 17.9 Å². The van der Waals surface area contributed by atoms with E-state index in [0.29, 0.717) is 63.0 Å². The molecule has 0 saturated carbocycles. The van der Waals surface area contributed by atoms with E-state index in [0.717, 1.165) is 29.8 Å². The zero-order valence-electron chi connectivity index (χ0n) is 32.1. The number of hydrogen-bond donors (Lipinski definition) is 2. The van der Waals surface area contributed by atoms with E-state index in [-0.39, 0.29) is 40.6 Å². The Morgan fingerprint density at radius 3 is 2.07 bits per heavy atom. The van der Waals surface area contributed by atoms with Gasteiger partial charge in [0.05, 0.1) is 40.8 Å². The van der Waals surface area contributed by atoms with E-state index in [4.69, 9.17) is 25.7 Å². The standard InChI is InChI=1S/C22H27N3O4.C19H22FN3O2/c1-12(2)8-14(23)11-29-19-10-18-16(9-17(19)22(27)28-5)15-6-7-24-13(3)20(15)21(26)25(18)4;1-11(2)6-12(21)10-25-13-4-5-14-17(7-13)23(3)19(24)15-8-22-9-16(20)18(14)15/h6-7,9-10,12,14H,8,11,23H2,1-5H3;4-5,7-9,11-12H,6,10,21H2,1-3H3/t14-;12-/m00/s1. The highest BCUT2D eigenvalue weighted by Crippen LogP contribution is 2.31. The van der Waals surface area contributed by atoms with Gasteiger partial charge >= 0.3 is 5.97 Å². The first-order valence-electron chi connectivity index (χ1n) is 18.0. The molecule has 0 spiro atoms. The molecule has 4 N–H and O–H groups in total. The molecular formula is C41H49FN6O6. The van der Waals surface area contributed by atoms with Gasteiger partial charge in [-0.2, -0.15) is 0 Å². The monoisotopic (exact) mass is 740 g/mol. The maximum atomic E-state index is 14.2. The Labute approximate surface area is 312 Å². The average molecular weight is 741 g/mol. The smallest absolute Gasteiger partial charge is 0.341 e. The maximum Gasteiger partial charge on any atom is 0.341 e. The number of halogens is 1. The van der Waals surface area contributed by atoms with Crippen LogP contribution in [0.4, 0.5) is 4.39 Å². The van der Waals surface area contributed by atoms with Gasteiger partial charge in [0, 0.05) is 66.9 Å². The van der Waals surface area contributed by atoms with E-state index < -0.39 is 11.8 Å². The molecule has 0 amide bonds. The van der Waals surface area contributed by atoms with E-state index in [1.807, 2.05) is 0 Å². The molecule has 0 aliphatic heterocycles. The number of aromatic nitrogens is 4. The second-order valence-electron chi connectivity index (χ2n) is 14.5. The van der Waals surface area contributed by atoms with Crippen molar-refractivity contribution >= 4 is 49.3 Å². The second kappa shape index (κ2) is 16.7. The fourth-order valence-corrected chi connectivity index (χ4v) is 6.79. The molecule has 0 radical (unpaired) electrons. The third-order valence-electron chi connectivity index (χ3n) is 9.31. The van der Waals surface area contributed by atoms with Gasteiger partial charge in [-0.3, -0.25) is 19.6 Å². The fraction of sp³-hybridized carbons (Fsp3) is 0.390. The van der Waals surface area contributed by atoms with Gasteiger partial charge in [0.2, 0.25) is 0 Å². The van der Waals surface area contributed by atoms with Crippen LogP contribution in [0.5, 0.6) is 11.5 Å². The van der Waals surface area contributed by atoms with Crippen LogP contribution in [0.3, 0.4) is 0 Å². The van der Waals surface area contributed by atoms with Gasteiger partial charge < -0.3 is 34.8 Å². The summed E-state index contributed by atoms with van der Waals surface area (Å²) in [5.74, 6) is 0.882. The summed E-state index contributed by atoms with van der Waals surface area (Å²) in [5, 5.41) is 3.23. The second-order valence-corrected chi connectivity index (χ2v) is 14.5. The van der Waals surface area contributed by atoms with Gasteiger partial charge in [0.15, 0.2) is 0 Å². The lowest BCUT2D eigenvalue weighted by Gasteiger charge is -2.18. The Hall–Kier alpha value is -5.40. The lowest BCUT2D eigenvalue weighted by atomic mass is 10.0. The normalized spacial score (nSPS) is 12.7. The fourth-order valence-electron chi connectivity index (χ4n) is 6.79. The van der Waals surface area contributed by atoms with E-state index in [9.17, 15) is 18.8 Å². The number of rotatable bonds is 11. The quantitative estimate of drug-likeness (QED) is 0.120. The summed E-state index contributed by atoms with van der Waals surface area (Å²) in [4.78, 5) is 45.9. The molecule has 0 aliphatic rings. The number of esters is 1. The first-order chi connectivity index (χ1) is 25.6. The van der Waals surface area contributed by atoms with Crippen molar-refractivity contribution in [2.45, 2.75) is 59.5 Å². The molecule has 2 atom stereocenters. The summed E-state index contributed by atoms with van der Waals surface area (Å²) in [6.45, 7) is 10.9. The van der Waals surface area contributed by atoms with Gasteiger partial charge in [-0.15, -0.1) is 0 Å². The molecule has 6 aromatic rings. The van der Waals surface area contributed by atoms with Crippen LogP contribution in [0.2, 0.25) is 0 Å². The van der Waals surface area contributed by atoms with Crippen molar-refractivity contribution in [3.8, 4) is 11.5 Å². The lowest BCUT2D eigenvalue weighted by Crippen LogP contribution is -2.29. The van der Waals surface area contributed by atoms with Crippen molar-refractivity contribution in [1.29, 1.82) is 0 Å². The van der Waals surface area contributed by atoms with Crippen LogP contribution in [-0.4, -0.2) is 57.5 Å². The summed E-state index contributed by atoms with van der Waals surface area (Å²) < 4.78 is 33.9. The predicted molar refractivity (Wildman–Crippen MR) is 211 cm³/mol. The minimum atomic E-state index is -0.507. The topological polar surface area (TPSA) is 167 Å². The number of nitrogens with two attached hydrogens (primary N) is 2. The zero-order chi connectivity index (χ0) is 39.4. The first-order valence-corrected chi connectivity index (χ1v) is 18.0. The molecule has 0 unspecified atom stereocenters. The van der Waals surface area contributed by atoms with Gasteiger partial charge in [0.25, 0.3) is 11.1 Å². The molecule has 4 aromatic heterocycles. The van der Waals surface area contributed by atoms with Crippen molar-refractivity contribution in [2.24, 2.45) is 37.4 Å². The molecule has 0 fully saturated rings. The van der Waals surface area contributed by atoms with Crippen molar-refractivity contribution in [1.82, 2.24) is 19.1 Å². The summed E-state index contributed by atoms with van der Waals surface area (Å²) in [6, 6.07) is 10.3. The van der Waals surface area contributed by atoms with Crippen LogP contribution in [0, 0.1) is 24.6 Å². The number of ether oxygens (including phenoxy) is 3. The Balaban J connectivity index is 0.000000210. The van der Waals surface area contributed by atoms with E-state index >= 15 is 0 Å². The number of fused-ring (bicyclic) bond motifs is 6. The minimum Gasteiger partial charge on any atom is -0.492 e. The SMILES string of the molecule is CC(C)C[C@H](N)COc1ccc2c3c(F)cncc3c(=O)n(C)c2c1.COC(=O)c1cc2c3ccnc(C)c3c(=O)n(C)c2cc1OC[C@@H](N)CC(C)C. The number of pyridine rings is 4. The third-order valence-corrected chi connectivity index (χ3v) is 9.31. The lowest BCUT2D eigenvalue weighted by molar-refractivity contribution is 0.0595. The number of hydrogen-bond acceptors (Lipinski definition) is 10. The van der Waals surface area contributed by atoms with Crippen LogP contribution in [-0.2, 0) is 18.8 Å². The Kier molecular flexibility index (Phi) is 12.3. The maximum absolute atomic E-state index is 14.2. The predicted octanol–water partition coefficient (Wildman–Crippen LogP) is 5.91. The van der Waals surface area contributed by atoms with Crippen molar-refractivity contribution < 1.29 is 23.4 Å². The molecule has 0 bridgehead atoms. The third kappa shape index (κ3) is 8.37. The average Bonchev–Trinajstić information content (AvgIpc) is 3.13. The summed E-state index contributed by atoms with van der Waals surface area (Å²) in [5.41, 5.74) is 14.0. The Morgan fingerprint density at radius 2 is 1.43 bits per heavy atom. The molecule has 12 nitrogen and oxygen atoms in total. The number of nitrogens with zero attached hydrogens (tertiary/aromatic N) is 4. The zero-order valence-corrected chi connectivity index (χ0v) is 32.1. The Bertz CT molecular complexity index is 2460. The molecule has 2 aromatic carbocycles. The Morgan fingerprint density at radius 1 is 0.796 bits per heavy atom. The molecule has 4 heterocycles. The number of carbonyl (C=O) groups excluding carboxylic acids is 1. The van der Waals surface area contributed by atoms with E-state index in [2.05, 4.69) is 37.7 Å². The van der Waals surface area contributed by atoms with Gasteiger partial charge in [-0.1, -0.05) is 27.7 Å². The summed E-state index contributed by atoms with van der Waals surface area (Å²) in [6.07, 6.45) is 5.85. The number of methoxy groups -OCH3 is 1. The van der Waals surface area contributed by atoms with Gasteiger partial charge in [-0.05, 0) is 61.3 Å². The van der Waals surface area contributed by atoms with Crippen LogP contribution < -0.4 is 32.1 Å². The van der Waals surface area contributed by atoms with E-state index in [1.54, 1.807) is 68.2 Å². The van der Waals surface area contributed by atoms with Crippen LogP contribution in [0.1, 0.15) is 56.6 Å². The highest BCUT2D eigenvalue weighted by atomic mass is 19.1. The van der Waals surface area contributed by atoms with Gasteiger partial charge in [-0.25, -0.2) is 9.18 Å².